The summed E-state index contributed by atoms with van der Waals surface area (Å²) in [5, 5.41) is 15.9. The Morgan fingerprint density at radius 1 is 1.09 bits per heavy atom. The van der Waals surface area contributed by atoms with Crippen LogP contribution in [-0.2, 0) is 9.47 Å². The van der Waals surface area contributed by atoms with E-state index in [9.17, 15) is 0 Å². The lowest BCUT2D eigenvalue weighted by Gasteiger charge is -2.28. The highest BCUT2D eigenvalue weighted by atomic mass is 16.5. The molecule has 2 atom stereocenters. The molecule has 0 aliphatic carbocycles. The summed E-state index contributed by atoms with van der Waals surface area (Å²) in [5.41, 5.74) is 0.651. The molecule has 0 bridgehead atoms. The van der Waals surface area contributed by atoms with Gasteiger partial charge in [-0.1, -0.05) is 0 Å². The van der Waals surface area contributed by atoms with Crippen LogP contribution < -0.4 is 4.90 Å². The van der Waals surface area contributed by atoms with E-state index in [0.29, 0.717) is 5.65 Å². The Morgan fingerprint density at radius 3 is 2.45 bits per heavy atom. The van der Waals surface area contributed by atoms with Crippen molar-refractivity contribution in [3.8, 4) is 0 Å². The highest BCUT2D eigenvalue weighted by Gasteiger charge is 2.25. The first-order valence-corrected chi connectivity index (χ1v) is 7.92. The Bertz CT molecular complexity index is 603. The molecule has 2 unspecified atom stereocenters. The molecule has 2 aliphatic heterocycles. The third kappa shape index (κ3) is 2.89. The van der Waals surface area contributed by atoms with E-state index >= 15 is 0 Å². The molecule has 0 saturated carbocycles. The minimum absolute atomic E-state index is 0.271. The summed E-state index contributed by atoms with van der Waals surface area (Å²) in [6.45, 7) is 3.39. The van der Waals surface area contributed by atoms with Crippen molar-refractivity contribution in [2.45, 2.75) is 37.9 Å². The molecule has 4 rings (SSSR count). The zero-order valence-corrected chi connectivity index (χ0v) is 12.5. The fourth-order valence-corrected chi connectivity index (χ4v) is 3.14. The zero-order chi connectivity index (χ0) is 14.8. The molecule has 0 aromatic carbocycles. The normalized spacial score (nSPS) is 25.1. The average molecular weight is 304 g/mol. The summed E-state index contributed by atoms with van der Waals surface area (Å²) >= 11 is 0. The zero-order valence-electron chi connectivity index (χ0n) is 12.5. The number of tetrazole rings is 1. The van der Waals surface area contributed by atoms with Crippen molar-refractivity contribution < 1.29 is 9.47 Å². The average Bonchev–Trinajstić information content (AvgIpc) is 3.28. The topological polar surface area (TPSA) is 77.7 Å². The molecule has 2 saturated heterocycles. The predicted molar refractivity (Wildman–Crippen MR) is 78.7 cm³/mol. The van der Waals surface area contributed by atoms with E-state index in [4.69, 9.17) is 9.47 Å². The Labute approximate surface area is 128 Å². The molecule has 4 heterocycles. The number of nitrogens with zero attached hydrogens (tertiary/aromatic N) is 6. The van der Waals surface area contributed by atoms with Crippen LogP contribution in [0.4, 0.5) is 5.82 Å². The Hall–Kier alpha value is -1.80. The number of aromatic nitrogens is 5. The number of ether oxygens (including phenoxy) is 2. The number of rotatable bonds is 5. The summed E-state index contributed by atoms with van der Waals surface area (Å²) in [7, 11) is 0. The first-order chi connectivity index (χ1) is 10.9. The predicted octanol–water partition coefficient (Wildman–Crippen LogP) is 0.684. The molecule has 8 nitrogen and oxygen atoms in total. The summed E-state index contributed by atoms with van der Waals surface area (Å²) in [6, 6.07) is 3.86. The minimum atomic E-state index is 0.271. The van der Waals surface area contributed by atoms with Crippen LogP contribution in [0, 0.1) is 0 Å². The van der Waals surface area contributed by atoms with Gasteiger partial charge in [0, 0.05) is 26.3 Å². The highest BCUT2D eigenvalue weighted by Crippen LogP contribution is 2.21. The summed E-state index contributed by atoms with van der Waals surface area (Å²) in [6.07, 6.45) is 5.03. The largest absolute Gasteiger partial charge is 0.376 e. The molecule has 8 heteroatoms. The molecule has 0 spiro atoms. The standard InChI is InChI=1S/C14H20N6O2/c1-3-11(21-7-1)9-19(10-12-4-2-8-22-12)14-6-5-13-15-17-18-20(13)16-14/h5-6,11-12H,1-4,7-10H2. The quantitative estimate of drug-likeness (QED) is 0.804. The molecule has 0 N–H and O–H groups in total. The van der Waals surface area contributed by atoms with Gasteiger partial charge < -0.3 is 14.4 Å². The van der Waals surface area contributed by atoms with Gasteiger partial charge in [0.15, 0.2) is 11.5 Å². The highest BCUT2D eigenvalue weighted by molar-refractivity contribution is 5.44. The van der Waals surface area contributed by atoms with Gasteiger partial charge in [0.1, 0.15) is 0 Å². The second-order valence-corrected chi connectivity index (χ2v) is 5.89. The van der Waals surface area contributed by atoms with Crippen LogP contribution in [0.5, 0.6) is 0 Å². The van der Waals surface area contributed by atoms with Crippen LogP contribution >= 0.6 is 0 Å². The third-order valence-corrected chi connectivity index (χ3v) is 4.28. The van der Waals surface area contributed by atoms with Gasteiger partial charge >= 0.3 is 0 Å². The Kier molecular flexibility index (Phi) is 3.86. The van der Waals surface area contributed by atoms with Gasteiger partial charge in [-0.15, -0.1) is 14.8 Å². The van der Waals surface area contributed by atoms with Gasteiger partial charge in [-0.05, 0) is 48.2 Å². The number of fused-ring (bicyclic) bond motifs is 1. The lowest BCUT2D eigenvalue weighted by Crippen LogP contribution is -2.38. The molecule has 2 aromatic heterocycles. The van der Waals surface area contributed by atoms with E-state index < -0.39 is 0 Å². The van der Waals surface area contributed by atoms with Gasteiger partial charge in [-0.2, -0.15) is 0 Å². The van der Waals surface area contributed by atoms with E-state index in [2.05, 4.69) is 25.5 Å². The van der Waals surface area contributed by atoms with E-state index in [-0.39, 0.29) is 12.2 Å². The SMILES string of the molecule is c1cc2nnnn2nc1N(CC1CCCO1)CC1CCCO1. The number of hydrogen-bond acceptors (Lipinski definition) is 7. The van der Waals surface area contributed by atoms with Gasteiger partial charge in [0.25, 0.3) is 0 Å². The van der Waals surface area contributed by atoms with Gasteiger partial charge in [-0.25, -0.2) is 0 Å². The lowest BCUT2D eigenvalue weighted by atomic mass is 10.2. The third-order valence-electron chi connectivity index (χ3n) is 4.28. The molecule has 0 amide bonds. The van der Waals surface area contributed by atoms with Crippen LogP contribution in [0.1, 0.15) is 25.7 Å². The van der Waals surface area contributed by atoms with Gasteiger partial charge in [-0.3, -0.25) is 0 Å². The maximum Gasteiger partial charge on any atom is 0.200 e. The minimum Gasteiger partial charge on any atom is -0.376 e. The first kappa shape index (κ1) is 13.8. The van der Waals surface area contributed by atoms with Crippen molar-refractivity contribution in [1.82, 2.24) is 25.3 Å². The smallest absolute Gasteiger partial charge is 0.200 e. The van der Waals surface area contributed by atoms with Crippen molar-refractivity contribution in [3.63, 3.8) is 0 Å². The van der Waals surface area contributed by atoms with Crippen LogP contribution in [0.3, 0.4) is 0 Å². The van der Waals surface area contributed by atoms with Crippen molar-refractivity contribution >= 4 is 11.5 Å². The van der Waals surface area contributed by atoms with Crippen molar-refractivity contribution in [2.75, 3.05) is 31.2 Å². The van der Waals surface area contributed by atoms with E-state index in [1.807, 2.05) is 12.1 Å². The molecular weight excluding hydrogens is 284 g/mol. The molecule has 2 aliphatic rings. The van der Waals surface area contributed by atoms with E-state index in [1.165, 1.54) is 4.63 Å². The summed E-state index contributed by atoms with van der Waals surface area (Å²) < 4.78 is 13.0. The van der Waals surface area contributed by atoms with Crippen LogP contribution in [0.2, 0.25) is 0 Å². The molecular formula is C14H20N6O2. The Morgan fingerprint density at radius 2 is 1.82 bits per heavy atom. The molecule has 2 aromatic rings. The maximum absolute atomic E-state index is 5.78. The Balaban J connectivity index is 1.55. The van der Waals surface area contributed by atoms with Crippen molar-refractivity contribution in [1.29, 1.82) is 0 Å². The van der Waals surface area contributed by atoms with Gasteiger partial charge in [0.05, 0.1) is 12.2 Å². The number of hydrogen-bond donors (Lipinski definition) is 0. The fourth-order valence-electron chi connectivity index (χ4n) is 3.14. The summed E-state index contributed by atoms with van der Waals surface area (Å²) in [5.74, 6) is 0.866. The second kappa shape index (κ2) is 6.13. The monoisotopic (exact) mass is 304 g/mol. The van der Waals surface area contributed by atoms with Gasteiger partial charge in [0.2, 0.25) is 0 Å². The van der Waals surface area contributed by atoms with Crippen LogP contribution in [-0.4, -0.2) is 63.8 Å². The van der Waals surface area contributed by atoms with Crippen LogP contribution in [0.25, 0.3) is 5.65 Å². The van der Waals surface area contributed by atoms with Crippen molar-refractivity contribution in [2.24, 2.45) is 0 Å². The fraction of sp³-hybridized carbons (Fsp3) is 0.714. The number of anilines is 1. The van der Waals surface area contributed by atoms with E-state index in [1.54, 1.807) is 0 Å². The molecule has 22 heavy (non-hydrogen) atoms. The van der Waals surface area contributed by atoms with E-state index in [0.717, 1.165) is 57.8 Å². The first-order valence-electron chi connectivity index (χ1n) is 7.92. The lowest BCUT2D eigenvalue weighted by molar-refractivity contribution is 0.0995. The second-order valence-electron chi connectivity index (χ2n) is 5.89. The molecule has 2 fully saturated rings. The van der Waals surface area contributed by atoms with Crippen molar-refractivity contribution in [3.05, 3.63) is 12.1 Å². The summed E-state index contributed by atoms with van der Waals surface area (Å²) in [4.78, 5) is 2.24. The van der Waals surface area contributed by atoms with Crippen LogP contribution in [0.15, 0.2) is 12.1 Å². The molecule has 118 valence electrons. The maximum atomic E-state index is 5.78. The molecule has 0 radical (unpaired) electrons.